The summed E-state index contributed by atoms with van der Waals surface area (Å²) in [6.45, 7) is 0. The summed E-state index contributed by atoms with van der Waals surface area (Å²) in [6, 6.07) is 57.7. The van der Waals surface area contributed by atoms with Crippen LogP contribution in [-0.2, 0) is 0 Å². The second kappa shape index (κ2) is 12.6. The molecule has 50 heavy (non-hydrogen) atoms. The van der Waals surface area contributed by atoms with Crippen LogP contribution in [0.2, 0.25) is 5.02 Å². The van der Waals surface area contributed by atoms with Gasteiger partial charge in [-0.1, -0.05) is 139 Å². The van der Waals surface area contributed by atoms with Crippen LogP contribution in [0, 0.1) is 0 Å². The normalized spacial score (nSPS) is 11.3. The Hall–Kier alpha value is -6.36. The largest absolute Gasteiger partial charge is 0.456 e. The van der Waals surface area contributed by atoms with Crippen LogP contribution in [0.3, 0.4) is 0 Å². The molecule has 0 aliphatic rings. The summed E-state index contributed by atoms with van der Waals surface area (Å²) in [4.78, 5) is 15.1. The van der Waals surface area contributed by atoms with Gasteiger partial charge in [-0.05, 0) is 75.8 Å². The van der Waals surface area contributed by atoms with Crippen molar-refractivity contribution in [3.63, 3.8) is 0 Å². The Kier molecular flexibility index (Phi) is 7.49. The first kappa shape index (κ1) is 29.8. The summed E-state index contributed by atoms with van der Waals surface area (Å²) < 4.78 is 6.29. The molecule has 0 saturated heterocycles. The summed E-state index contributed by atoms with van der Waals surface area (Å²) in [6.07, 6.45) is 0. The highest BCUT2D eigenvalue weighted by Crippen LogP contribution is 2.40. The predicted molar refractivity (Wildman–Crippen MR) is 205 cm³/mol. The number of furan rings is 1. The fraction of sp³-hybridized carbons (Fsp3) is 0. The van der Waals surface area contributed by atoms with Crippen molar-refractivity contribution in [1.82, 2.24) is 15.0 Å². The first-order valence-corrected chi connectivity index (χ1v) is 16.8. The van der Waals surface area contributed by atoms with Crippen LogP contribution in [0.5, 0.6) is 0 Å². The molecule has 0 fully saturated rings. The highest BCUT2D eigenvalue weighted by atomic mass is 35.5. The van der Waals surface area contributed by atoms with E-state index >= 15 is 0 Å². The average molecular weight is 662 g/mol. The summed E-state index contributed by atoms with van der Waals surface area (Å²) >= 11 is 6.25. The zero-order valence-electron chi connectivity index (χ0n) is 26.8. The van der Waals surface area contributed by atoms with E-state index in [1.54, 1.807) is 0 Å². The highest BCUT2D eigenvalue weighted by Gasteiger charge is 2.18. The summed E-state index contributed by atoms with van der Waals surface area (Å²) in [5.41, 5.74) is 11.0. The van der Waals surface area contributed by atoms with Crippen LogP contribution in [0.4, 0.5) is 0 Å². The van der Waals surface area contributed by atoms with Crippen LogP contribution < -0.4 is 0 Å². The van der Waals surface area contributed by atoms with E-state index in [1.165, 1.54) is 0 Å². The maximum atomic E-state index is 6.29. The van der Waals surface area contributed by atoms with Gasteiger partial charge in [-0.3, -0.25) is 0 Å². The third-order valence-corrected chi connectivity index (χ3v) is 9.30. The Morgan fingerprint density at radius 3 is 1.50 bits per heavy atom. The molecule has 2 aromatic heterocycles. The highest BCUT2D eigenvalue weighted by molar-refractivity contribution is 6.30. The van der Waals surface area contributed by atoms with Gasteiger partial charge in [0.1, 0.15) is 11.2 Å². The van der Waals surface area contributed by atoms with E-state index in [0.717, 1.165) is 72.0 Å². The molecule has 0 amide bonds. The average Bonchev–Trinajstić information content (AvgIpc) is 3.56. The maximum Gasteiger partial charge on any atom is 0.164 e. The molecular weight excluding hydrogens is 634 g/mol. The minimum Gasteiger partial charge on any atom is -0.456 e. The standard InChI is InChI=1S/C45H28ClN3O/c46-34-25-23-33(24-26-34)44-47-43(48-45(49-44)37-17-8-7-15-35(37)29-11-3-1-4-12-29)32-21-19-31(20-22-32)38-27-40-36-16-9-10-18-41(36)50-42(40)28-39(38)30-13-5-2-6-14-30/h1-28H. The lowest BCUT2D eigenvalue weighted by Crippen LogP contribution is -2.01. The zero-order valence-corrected chi connectivity index (χ0v) is 27.5. The van der Waals surface area contributed by atoms with E-state index in [9.17, 15) is 0 Å². The Morgan fingerprint density at radius 1 is 0.340 bits per heavy atom. The van der Waals surface area contributed by atoms with E-state index in [0.29, 0.717) is 22.5 Å². The molecule has 0 atom stereocenters. The predicted octanol–water partition coefficient (Wildman–Crippen LogP) is 12.4. The molecule has 4 nitrogen and oxygen atoms in total. The molecule has 0 N–H and O–H groups in total. The maximum absolute atomic E-state index is 6.29. The van der Waals surface area contributed by atoms with Crippen LogP contribution in [-0.4, -0.2) is 15.0 Å². The van der Waals surface area contributed by atoms with Crippen LogP contribution in [0.25, 0.3) is 89.5 Å². The van der Waals surface area contributed by atoms with E-state index in [-0.39, 0.29) is 0 Å². The quantitative estimate of drug-likeness (QED) is 0.178. The summed E-state index contributed by atoms with van der Waals surface area (Å²) in [5, 5.41) is 2.85. The number of benzene rings is 7. The van der Waals surface area contributed by atoms with E-state index in [1.807, 2.05) is 72.8 Å². The molecule has 0 radical (unpaired) electrons. The van der Waals surface area contributed by atoms with Crippen LogP contribution in [0.1, 0.15) is 0 Å². The Morgan fingerprint density at radius 2 is 0.820 bits per heavy atom. The molecule has 236 valence electrons. The first-order valence-electron chi connectivity index (χ1n) is 16.5. The van der Waals surface area contributed by atoms with Gasteiger partial charge in [0.15, 0.2) is 17.5 Å². The number of hydrogen-bond donors (Lipinski definition) is 0. The zero-order chi connectivity index (χ0) is 33.4. The molecule has 0 unspecified atom stereocenters. The van der Waals surface area contributed by atoms with Crippen molar-refractivity contribution < 1.29 is 4.42 Å². The SMILES string of the molecule is Clc1ccc(-c2nc(-c3ccc(-c4cc5c(cc4-c4ccccc4)oc4ccccc45)cc3)nc(-c3ccccc3-c3ccccc3)n2)cc1. The monoisotopic (exact) mass is 661 g/mol. The smallest absolute Gasteiger partial charge is 0.164 e. The lowest BCUT2D eigenvalue weighted by Gasteiger charge is -2.13. The second-order valence-corrected chi connectivity index (χ2v) is 12.6. The number of hydrogen-bond acceptors (Lipinski definition) is 4. The first-order chi connectivity index (χ1) is 24.7. The van der Waals surface area contributed by atoms with E-state index in [4.69, 9.17) is 31.0 Å². The van der Waals surface area contributed by atoms with Gasteiger partial charge in [-0.15, -0.1) is 0 Å². The topological polar surface area (TPSA) is 51.8 Å². The number of aromatic nitrogens is 3. The van der Waals surface area contributed by atoms with Crippen molar-refractivity contribution >= 4 is 33.5 Å². The van der Waals surface area contributed by atoms with E-state index in [2.05, 4.69) is 97.1 Å². The van der Waals surface area contributed by atoms with Crippen molar-refractivity contribution in [3.8, 4) is 67.5 Å². The van der Waals surface area contributed by atoms with Crippen LogP contribution in [0.15, 0.2) is 174 Å². The Labute approximate surface area is 294 Å². The molecule has 0 bridgehead atoms. The van der Waals surface area contributed by atoms with Crippen molar-refractivity contribution in [1.29, 1.82) is 0 Å². The number of nitrogens with zero attached hydrogens (tertiary/aromatic N) is 3. The van der Waals surface area contributed by atoms with Gasteiger partial charge in [0.25, 0.3) is 0 Å². The minimum absolute atomic E-state index is 0.581. The lowest BCUT2D eigenvalue weighted by atomic mass is 9.92. The Bertz CT molecular complexity index is 2630. The molecule has 2 heterocycles. The van der Waals surface area contributed by atoms with Gasteiger partial charge in [0.2, 0.25) is 0 Å². The third kappa shape index (κ3) is 5.52. The number of halogens is 1. The molecule has 0 aliphatic carbocycles. The van der Waals surface area contributed by atoms with Gasteiger partial charge in [-0.2, -0.15) is 0 Å². The fourth-order valence-corrected chi connectivity index (χ4v) is 6.69. The summed E-state index contributed by atoms with van der Waals surface area (Å²) in [5.74, 6) is 1.78. The molecule has 0 aliphatic heterocycles. The minimum atomic E-state index is 0.581. The molecule has 9 aromatic rings. The van der Waals surface area contributed by atoms with E-state index < -0.39 is 0 Å². The molecule has 7 aromatic carbocycles. The van der Waals surface area contributed by atoms with Crippen molar-refractivity contribution in [2.45, 2.75) is 0 Å². The molecule has 0 saturated carbocycles. The van der Waals surface area contributed by atoms with Gasteiger partial charge < -0.3 is 4.42 Å². The van der Waals surface area contributed by atoms with Crippen molar-refractivity contribution in [2.24, 2.45) is 0 Å². The lowest BCUT2D eigenvalue weighted by molar-refractivity contribution is 0.669. The third-order valence-electron chi connectivity index (χ3n) is 9.05. The van der Waals surface area contributed by atoms with Gasteiger partial charge in [-0.25, -0.2) is 15.0 Å². The number of para-hydroxylation sites is 1. The molecular formula is C45H28ClN3O. The number of rotatable bonds is 6. The van der Waals surface area contributed by atoms with Gasteiger partial charge >= 0.3 is 0 Å². The van der Waals surface area contributed by atoms with Crippen LogP contribution >= 0.6 is 11.6 Å². The number of fused-ring (bicyclic) bond motifs is 3. The molecule has 0 spiro atoms. The molecule has 9 rings (SSSR count). The van der Waals surface area contributed by atoms with Crippen molar-refractivity contribution in [2.75, 3.05) is 0 Å². The van der Waals surface area contributed by atoms with Gasteiger partial charge in [0.05, 0.1) is 0 Å². The second-order valence-electron chi connectivity index (χ2n) is 12.2. The molecule has 5 heteroatoms. The van der Waals surface area contributed by atoms with Gasteiger partial charge in [0, 0.05) is 32.5 Å². The summed E-state index contributed by atoms with van der Waals surface area (Å²) in [7, 11) is 0. The Balaban J connectivity index is 1.19. The fourth-order valence-electron chi connectivity index (χ4n) is 6.57. The van der Waals surface area contributed by atoms with Crippen molar-refractivity contribution in [3.05, 3.63) is 175 Å².